The molecule has 30 heavy (non-hydrogen) atoms. The van der Waals surface area contributed by atoms with Gasteiger partial charge in [0, 0.05) is 11.9 Å². The number of anilines is 1. The molecule has 2 N–H and O–H groups in total. The summed E-state index contributed by atoms with van der Waals surface area (Å²) in [5, 5.41) is 9.59. The number of furan rings is 1. The number of pyridine rings is 1. The lowest BCUT2D eigenvalue weighted by molar-refractivity contribution is -0.115. The van der Waals surface area contributed by atoms with Crippen molar-refractivity contribution in [3.8, 4) is 0 Å². The number of rotatable bonds is 6. The summed E-state index contributed by atoms with van der Waals surface area (Å²) in [6.07, 6.45) is 3.08. The molecule has 0 aliphatic carbocycles. The molecule has 0 aliphatic heterocycles. The number of carbonyl (C=O) groups is 2. The number of fused-ring (bicyclic) bond motifs is 1. The molecule has 4 rings (SSSR count). The highest BCUT2D eigenvalue weighted by molar-refractivity contribution is 5.99. The zero-order valence-corrected chi connectivity index (χ0v) is 16.2. The molecule has 0 bridgehead atoms. The van der Waals surface area contributed by atoms with Gasteiger partial charge in [0.1, 0.15) is 5.76 Å². The van der Waals surface area contributed by atoms with Crippen LogP contribution in [0.2, 0.25) is 0 Å². The molecule has 3 aromatic heterocycles. The molecule has 0 atom stereocenters. The maximum Gasteiger partial charge on any atom is 0.350 e. The van der Waals surface area contributed by atoms with Crippen LogP contribution in [0.1, 0.15) is 21.7 Å². The quantitative estimate of drug-likeness (QED) is 0.508. The number of carbonyl (C=O) groups excluding carboxylic acids is 2. The molecule has 9 heteroatoms. The van der Waals surface area contributed by atoms with Crippen molar-refractivity contribution >= 4 is 23.1 Å². The van der Waals surface area contributed by atoms with Gasteiger partial charge in [0.15, 0.2) is 5.65 Å². The maximum atomic E-state index is 12.4. The average molecular weight is 405 g/mol. The second kappa shape index (κ2) is 8.08. The van der Waals surface area contributed by atoms with Crippen LogP contribution in [0.4, 0.5) is 5.69 Å². The molecule has 0 aliphatic rings. The van der Waals surface area contributed by atoms with E-state index in [0.29, 0.717) is 22.7 Å². The van der Waals surface area contributed by atoms with E-state index in [9.17, 15) is 14.4 Å². The van der Waals surface area contributed by atoms with Gasteiger partial charge >= 0.3 is 5.69 Å². The zero-order valence-electron chi connectivity index (χ0n) is 16.2. The van der Waals surface area contributed by atoms with Gasteiger partial charge in [-0.25, -0.2) is 9.48 Å². The number of nitrogens with one attached hydrogen (secondary N) is 2. The van der Waals surface area contributed by atoms with E-state index in [1.165, 1.54) is 15.3 Å². The van der Waals surface area contributed by atoms with Crippen molar-refractivity contribution in [1.82, 2.24) is 19.5 Å². The molecular weight excluding hydrogens is 386 g/mol. The van der Waals surface area contributed by atoms with Crippen LogP contribution in [0.3, 0.4) is 0 Å². The third-order valence-electron chi connectivity index (χ3n) is 4.54. The number of aryl methyl sites for hydroxylation is 1. The Balaban J connectivity index is 1.40. The SMILES string of the molecule is Cc1occc1C(=O)NCC(=O)Nc1cccc(Cn2nc3ccccn3c2=O)c1. The third-order valence-corrected chi connectivity index (χ3v) is 4.54. The van der Waals surface area contributed by atoms with E-state index in [2.05, 4.69) is 15.7 Å². The second-order valence-electron chi connectivity index (χ2n) is 6.69. The summed E-state index contributed by atoms with van der Waals surface area (Å²) >= 11 is 0. The summed E-state index contributed by atoms with van der Waals surface area (Å²) in [6, 6.07) is 14.0. The molecule has 4 aromatic rings. The van der Waals surface area contributed by atoms with Gasteiger partial charge in [-0.1, -0.05) is 18.2 Å². The first kappa shape index (κ1) is 19.2. The van der Waals surface area contributed by atoms with Gasteiger partial charge < -0.3 is 15.1 Å². The molecule has 1 aromatic carbocycles. The van der Waals surface area contributed by atoms with Crippen LogP contribution in [-0.4, -0.2) is 32.5 Å². The minimum atomic E-state index is -0.378. The predicted molar refractivity (Wildman–Crippen MR) is 109 cm³/mol. The standard InChI is InChI=1S/C21H19N5O4/c1-14-17(8-10-30-14)20(28)22-12-19(27)23-16-6-4-5-15(11-16)13-26-21(29)25-9-3-2-7-18(25)24-26/h2-11H,12-13H2,1H3,(H,22,28)(H,23,27). The Labute approximate surface area is 170 Å². The summed E-state index contributed by atoms with van der Waals surface area (Å²) in [7, 11) is 0. The Hall–Kier alpha value is -4.14. The lowest BCUT2D eigenvalue weighted by Gasteiger charge is -2.08. The first-order valence-corrected chi connectivity index (χ1v) is 9.26. The number of hydrogen-bond donors (Lipinski definition) is 2. The van der Waals surface area contributed by atoms with Gasteiger partial charge in [-0.3, -0.25) is 14.0 Å². The Kier molecular flexibility index (Phi) is 5.17. The topological polar surface area (TPSA) is 111 Å². The molecule has 0 saturated carbocycles. The van der Waals surface area contributed by atoms with Crippen LogP contribution in [0, 0.1) is 6.92 Å². The molecule has 0 saturated heterocycles. The van der Waals surface area contributed by atoms with Crippen molar-refractivity contribution in [3.05, 3.63) is 88.4 Å². The van der Waals surface area contributed by atoms with Crippen LogP contribution in [0.15, 0.2) is 70.2 Å². The number of amides is 2. The molecular formula is C21H19N5O4. The lowest BCUT2D eigenvalue weighted by Crippen LogP contribution is -2.33. The summed E-state index contributed by atoms with van der Waals surface area (Å²) in [5.74, 6) is -0.259. The monoisotopic (exact) mass is 405 g/mol. The number of aromatic nitrogens is 3. The van der Waals surface area contributed by atoms with Crippen LogP contribution in [0.25, 0.3) is 5.65 Å². The van der Waals surface area contributed by atoms with Gasteiger partial charge in [0.2, 0.25) is 5.91 Å². The van der Waals surface area contributed by atoms with Crippen molar-refractivity contribution in [2.24, 2.45) is 0 Å². The summed E-state index contributed by atoms with van der Waals surface area (Å²) in [4.78, 5) is 36.7. The largest absolute Gasteiger partial charge is 0.469 e. The Morgan fingerprint density at radius 1 is 1.13 bits per heavy atom. The van der Waals surface area contributed by atoms with Crippen molar-refractivity contribution in [2.75, 3.05) is 11.9 Å². The maximum absolute atomic E-state index is 12.4. The molecule has 152 valence electrons. The van der Waals surface area contributed by atoms with Gasteiger partial charge in [0.25, 0.3) is 5.91 Å². The van der Waals surface area contributed by atoms with Crippen LogP contribution < -0.4 is 16.3 Å². The molecule has 0 radical (unpaired) electrons. The minimum absolute atomic E-state index is 0.181. The first-order chi connectivity index (χ1) is 14.5. The highest BCUT2D eigenvalue weighted by atomic mass is 16.3. The normalized spacial score (nSPS) is 10.8. The number of benzene rings is 1. The van der Waals surface area contributed by atoms with Gasteiger partial charge in [-0.2, -0.15) is 0 Å². The summed E-state index contributed by atoms with van der Waals surface area (Å²) in [6.45, 7) is 1.76. The van der Waals surface area contributed by atoms with Crippen molar-refractivity contribution < 1.29 is 14.0 Å². The average Bonchev–Trinajstić information content (AvgIpc) is 3.30. The first-order valence-electron chi connectivity index (χ1n) is 9.26. The molecule has 0 spiro atoms. The van der Waals surface area contributed by atoms with E-state index in [4.69, 9.17) is 4.42 Å². The van der Waals surface area contributed by atoms with Gasteiger partial charge in [0.05, 0.1) is 24.9 Å². The number of nitrogens with zero attached hydrogens (tertiary/aromatic N) is 3. The molecule has 0 unspecified atom stereocenters. The highest BCUT2D eigenvalue weighted by Gasteiger charge is 2.13. The smallest absolute Gasteiger partial charge is 0.350 e. The fourth-order valence-electron chi connectivity index (χ4n) is 3.07. The third kappa shape index (κ3) is 4.00. The van der Waals surface area contributed by atoms with Crippen molar-refractivity contribution in [2.45, 2.75) is 13.5 Å². The van der Waals surface area contributed by atoms with E-state index < -0.39 is 0 Å². The second-order valence-corrected chi connectivity index (χ2v) is 6.69. The number of hydrogen-bond acceptors (Lipinski definition) is 5. The Morgan fingerprint density at radius 2 is 2.00 bits per heavy atom. The van der Waals surface area contributed by atoms with Crippen LogP contribution in [-0.2, 0) is 11.3 Å². The molecule has 0 fully saturated rings. The van der Waals surface area contributed by atoms with E-state index >= 15 is 0 Å². The van der Waals surface area contributed by atoms with E-state index in [0.717, 1.165) is 5.56 Å². The van der Waals surface area contributed by atoms with Crippen molar-refractivity contribution in [1.29, 1.82) is 0 Å². The zero-order chi connectivity index (χ0) is 21.1. The fraction of sp³-hybridized carbons (Fsp3) is 0.143. The molecule has 3 heterocycles. The molecule has 2 amide bonds. The van der Waals surface area contributed by atoms with Gasteiger partial charge in [-0.15, -0.1) is 5.10 Å². The van der Waals surface area contributed by atoms with Gasteiger partial charge in [-0.05, 0) is 42.8 Å². The Bertz CT molecular complexity index is 1280. The van der Waals surface area contributed by atoms with E-state index in [-0.39, 0.29) is 30.6 Å². The van der Waals surface area contributed by atoms with E-state index in [1.807, 2.05) is 12.1 Å². The predicted octanol–water partition coefficient (Wildman–Crippen LogP) is 1.81. The summed E-state index contributed by atoms with van der Waals surface area (Å²) < 4.78 is 7.92. The van der Waals surface area contributed by atoms with E-state index in [1.54, 1.807) is 49.5 Å². The fourth-order valence-corrected chi connectivity index (χ4v) is 3.07. The summed E-state index contributed by atoms with van der Waals surface area (Å²) in [5.41, 5.74) is 2.08. The van der Waals surface area contributed by atoms with Crippen molar-refractivity contribution in [3.63, 3.8) is 0 Å². The van der Waals surface area contributed by atoms with Crippen LogP contribution in [0.5, 0.6) is 0 Å². The molecule has 9 nitrogen and oxygen atoms in total. The van der Waals surface area contributed by atoms with Crippen LogP contribution >= 0.6 is 0 Å². The minimum Gasteiger partial charge on any atom is -0.469 e. The Morgan fingerprint density at radius 3 is 2.77 bits per heavy atom. The highest BCUT2D eigenvalue weighted by Crippen LogP contribution is 2.12. The lowest BCUT2D eigenvalue weighted by atomic mass is 10.2.